The molecule has 0 fully saturated rings. The molecule has 25 heavy (non-hydrogen) atoms. The van der Waals surface area contributed by atoms with Crippen molar-refractivity contribution in [3.63, 3.8) is 0 Å². The Kier molecular flexibility index (Phi) is 5.56. The van der Waals surface area contributed by atoms with Crippen molar-refractivity contribution in [3.05, 3.63) is 83.2 Å². The molecule has 4 nitrogen and oxygen atoms in total. The Labute approximate surface area is 152 Å². The third-order valence-electron chi connectivity index (χ3n) is 3.91. The van der Waals surface area contributed by atoms with Gasteiger partial charge < -0.3 is 9.88 Å². The minimum Gasteiger partial charge on any atom is -0.348 e. The maximum absolute atomic E-state index is 12.4. The van der Waals surface area contributed by atoms with Crippen molar-refractivity contribution in [1.29, 1.82) is 0 Å². The molecule has 128 valence electrons. The largest absolute Gasteiger partial charge is 0.348 e. The number of thioether (sulfide) groups is 1. The lowest BCUT2D eigenvalue weighted by atomic mass is 10.1. The van der Waals surface area contributed by atoms with E-state index in [0.717, 1.165) is 22.0 Å². The van der Waals surface area contributed by atoms with Crippen molar-refractivity contribution in [3.8, 4) is 0 Å². The van der Waals surface area contributed by atoms with E-state index >= 15 is 0 Å². The molecule has 1 heterocycles. The van der Waals surface area contributed by atoms with Crippen LogP contribution in [0.4, 0.5) is 0 Å². The van der Waals surface area contributed by atoms with E-state index in [0.29, 0.717) is 12.1 Å². The molecular formula is C20H21N3OS. The number of hydrogen-bond donors (Lipinski definition) is 1. The zero-order valence-electron chi connectivity index (χ0n) is 14.4. The predicted octanol–water partition coefficient (Wildman–Crippen LogP) is 3.95. The maximum atomic E-state index is 12.4. The molecule has 0 saturated heterocycles. The SMILES string of the molecule is Cc1ccc(CNC(=O)c2cccc(CSc3nccn3C)c2)cc1. The second-order valence-electron chi connectivity index (χ2n) is 5.98. The predicted molar refractivity (Wildman–Crippen MR) is 102 cm³/mol. The molecule has 1 aromatic heterocycles. The van der Waals surface area contributed by atoms with Gasteiger partial charge in [-0.05, 0) is 30.2 Å². The molecule has 0 aliphatic rings. The van der Waals surface area contributed by atoms with E-state index in [2.05, 4.69) is 29.4 Å². The number of rotatable bonds is 6. The highest BCUT2D eigenvalue weighted by Gasteiger charge is 2.07. The van der Waals surface area contributed by atoms with Gasteiger partial charge in [0.05, 0.1) is 0 Å². The van der Waals surface area contributed by atoms with E-state index in [1.54, 1.807) is 18.0 Å². The summed E-state index contributed by atoms with van der Waals surface area (Å²) in [6.45, 7) is 2.59. The Morgan fingerprint density at radius 3 is 2.68 bits per heavy atom. The summed E-state index contributed by atoms with van der Waals surface area (Å²) >= 11 is 1.66. The van der Waals surface area contributed by atoms with Crippen LogP contribution in [0.15, 0.2) is 66.1 Å². The zero-order valence-corrected chi connectivity index (χ0v) is 15.2. The monoisotopic (exact) mass is 351 g/mol. The summed E-state index contributed by atoms with van der Waals surface area (Å²) < 4.78 is 1.99. The number of benzene rings is 2. The van der Waals surface area contributed by atoms with Crippen LogP contribution in [0.1, 0.15) is 27.0 Å². The van der Waals surface area contributed by atoms with Crippen LogP contribution in [-0.4, -0.2) is 15.5 Å². The average Bonchev–Trinajstić information content (AvgIpc) is 3.04. The van der Waals surface area contributed by atoms with Gasteiger partial charge in [-0.15, -0.1) is 0 Å². The molecule has 1 amide bonds. The lowest BCUT2D eigenvalue weighted by Gasteiger charge is -2.08. The molecule has 0 spiro atoms. The van der Waals surface area contributed by atoms with Gasteiger partial charge in [0.15, 0.2) is 5.16 Å². The first-order valence-corrected chi connectivity index (χ1v) is 9.13. The molecular weight excluding hydrogens is 330 g/mol. The van der Waals surface area contributed by atoms with Crippen molar-refractivity contribution in [1.82, 2.24) is 14.9 Å². The molecule has 0 aliphatic carbocycles. The van der Waals surface area contributed by atoms with Gasteiger partial charge >= 0.3 is 0 Å². The first-order valence-electron chi connectivity index (χ1n) is 8.14. The lowest BCUT2D eigenvalue weighted by Crippen LogP contribution is -2.22. The van der Waals surface area contributed by atoms with Gasteiger partial charge in [-0.25, -0.2) is 4.98 Å². The molecule has 3 aromatic rings. The van der Waals surface area contributed by atoms with E-state index in [-0.39, 0.29) is 5.91 Å². The minimum atomic E-state index is -0.0515. The van der Waals surface area contributed by atoms with Crippen LogP contribution in [0.3, 0.4) is 0 Å². The second kappa shape index (κ2) is 8.03. The highest BCUT2D eigenvalue weighted by molar-refractivity contribution is 7.98. The van der Waals surface area contributed by atoms with Crippen LogP contribution < -0.4 is 5.32 Å². The number of imidazole rings is 1. The molecule has 0 unspecified atom stereocenters. The van der Waals surface area contributed by atoms with Crippen molar-refractivity contribution in [2.24, 2.45) is 7.05 Å². The number of aryl methyl sites for hydroxylation is 2. The average molecular weight is 351 g/mol. The fourth-order valence-electron chi connectivity index (χ4n) is 2.43. The number of carbonyl (C=O) groups excluding carboxylic acids is 1. The number of nitrogens with one attached hydrogen (secondary N) is 1. The van der Waals surface area contributed by atoms with E-state index in [1.807, 2.05) is 54.2 Å². The van der Waals surface area contributed by atoms with E-state index in [1.165, 1.54) is 5.56 Å². The van der Waals surface area contributed by atoms with Gasteiger partial charge in [-0.3, -0.25) is 4.79 Å². The number of nitrogens with zero attached hydrogens (tertiary/aromatic N) is 2. The molecule has 2 aromatic carbocycles. The summed E-state index contributed by atoms with van der Waals surface area (Å²) in [7, 11) is 1.98. The van der Waals surface area contributed by atoms with E-state index < -0.39 is 0 Å². The third-order valence-corrected chi connectivity index (χ3v) is 5.04. The molecule has 3 rings (SSSR count). The normalized spacial score (nSPS) is 10.6. The second-order valence-corrected chi connectivity index (χ2v) is 6.92. The summed E-state index contributed by atoms with van der Waals surface area (Å²) in [5, 5.41) is 3.95. The highest BCUT2D eigenvalue weighted by Crippen LogP contribution is 2.21. The number of aromatic nitrogens is 2. The quantitative estimate of drug-likeness (QED) is 0.684. The third kappa shape index (κ3) is 4.73. The van der Waals surface area contributed by atoms with Crippen LogP contribution in [-0.2, 0) is 19.3 Å². The van der Waals surface area contributed by atoms with Gasteiger partial charge in [-0.2, -0.15) is 0 Å². The molecule has 0 aliphatic heterocycles. The highest BCUT2D eigenvalue weighted by atomic mass is 32.2. The summed E-state index contributed by atoms with van der Waals surface area (Å²) in [4.78, 5) is 16.7. The van der Waals surface area contributed by atoms with Crippen LogP contribution in [0.2, 0.25) is 0 Å². The molecule has 0 bridgehead atoms. The van der Waals surface area contributed by atoms with Crippen LogP contribution in [0.5, 0.6) is 0 Å². The molecule has 0 radical (unpaired) electrons. The maximum Gasteiger partial charge on any atom is 0.251 e. The lowest BCUT2D eigenvalue weighted by molar-refractivity contribution is 0.0951. The number of carbonyl (C=O) groups is 1. The van der Waals surface area contributed by atoms with Gasteiger partial charge in [0.2, 0.25) is 0 Å². The molecule has 0 saturated carbocycles. The first-order chi connectivity index (χ1) is 12.1. The van der Waals surface area contributed by atoms with Gasteiger partial charge in [0.25, 0.3) is 5.91 Å². The van der Waals surface area contributed by atoms with Crippen molar-refractivity contribution >= 4 is 17.7 Å². The van der Waals surface area contributed by atoms with Gasteiger partial charge in [0, 0.05) is 37.3 Å². The summed E-state index contributed by atoms with van der Waals surface area (Å²) in [5.74, 6) is 0.730. The Balaban J connectivity index is 1.59. The fourth-order valence-corrected chi connectivity index (χ4v) is 3.31. The Morgan fingerprint density at radius 2 is 1.96 bits per heavy atom. The topological polar surface area (TPSA) is 46.9 Å². The van der Waals surface area contributed by atoms with Gasteiger partial charge in [0.1, 0.15) is 0 Å². The number of amides is 1. The summed E-state index contributed by atoms with van der Waals surface area (Å²) in [5.41, 5.74) is 4.11. The Bertz CT molecular complexity index is 855. The molecule has 1 N–H and O–H groups in total. The van der Waals surface area contributed by atoms with Crippen molar-refractivity contribution in [2.45, 2.75) is 24.4 Å². The smallest absolute Gasteiger partial charge is 0.251 e. The van der Waals surface area contributed by atoms with Gasteiger partial charge in [-0.1, -0.05) is 53.7 Å². The van der Waals surface area contributed by atoms with E-state index in [4.69, 9.17) is 0 Å². The zero-order chi connectivity index (χ0) is 17.6. The standard InChI is InChI=1S/C20H21N3OS/c1-15-6-8-16(9-7-15)13-22-19(24)18-5-3-4-17(12-18)14-25-20-21-10-11-23(20)2/h3-12H,13-14H2,1-2H3,(H,22,24). The molecule has 5 heteroatoms. The van der Waals surface area contributed by atoms with E-state index in [9.17, 15) is 4.79 Å². The summed E-state index contributed by atoms with van der Waals surface area (Å²) in [6.07, 6.45) is 3.72. The fraction of sp³-hybridized carbons (Fsp3) is 0.200. The van der Waals surface area contributed by atoms with Crippen LogP contribution >= 0.6 is 11.8 Å². The van der Waals surface area contributed by atoms with Crippen molar-refractivity contribution < 1.29 is 4.79 Å². The molecule has 0 atom stereocenters. The van der Waals surface area contributed by atoms with Crippen LogP contribution in [0.25, 0.3) is 0 Å². The Morgan fingerprint density at radius 1 is 1.16 bits per heavy atom. The summed E-state index contributed by atoms with van der Waals surface area (Å²) in [6, 6.07) is 15.9. The number of hydrogen-bond acceptors (Lipinski definition) is 3. The Hall–Kier alpha value is -2.53. The van der Waals surface area contributed by atoms with Crippen LogP contribution in [0, 0.1) is 6.92 Å². The minimum absolute atomic E-state index is 0.0515. The first kappa shape index (κ1) is 17.3. The van der Waals surface area contributed by atoms with Crippen molar-refractivity contribution in [2.75, 3.05) is 0 Å².